The van der Waals surface area contributed by atoms with Gasteiger partial charge in [-0.3, -0.25) is 0 Å². The Morgan fingerprint density at radius 2 is 1.33 bits per heavy atom. The lowest BCUT2D eigenvalue weighted by Crippen LogP contribution is -1.98. The average Bonchev–Trinajstić information content (AvgIpc) is 2.92. The number of aryl methyl sites for hydroxylation is 2. The van der Waals surface area contributed by atoms with E-state index in [0.717, 1.165) is 17.8 Å². The smallest absolute Gasteiger partial charge is 0.0135 e. The van der Waals surface area contributed by atoms with Crippen LogP contribution in [0.25, 0.3) is 0 Å². The van der Waals surface area contributed by atoms with E-state index in [4.69, 9.17) is 0 Å². The molecule has 0 radical (unpaired) electrons. The molecule has 0 amide bonds. The summed E-state index contributed by atoms with van der Waals surface area (Å²) in [5, 5.41) is 0. The van der Waals surface area contributed by atoms with Crippen LogP contribution in [0.5, 0.6) is 0 Å². The first-order chi connectivity index (χ1) is 8.77. The van der Waals surface area contributed by atoms with Gasteiger partial charge in [-0.15, -0.1) is 0 Å². The van der Waals surface area contributed by atoms with Gasteiger partial charge in [-0.05, 0) is 65.0 Å². The van der Waals surface area contributed by atoms with Crippen LogP contribution < -0.4 is 0 Å². The highest BCUT2D eigenvalue weighted by atomic mass is 14.7. The second-order valence-corrected chi connectivity index (χ2v) is 6.30. The van der Waals surface area contributed by atoms with Crippen LogP contribution in [-0.4, -0.2) is 0 Å². The van der Waals surface area contributed by atoms with Gasteiger partial charge in [0.25, 0.3) is 0 Å². The van der Waals surface area contributed by atoms with E-state index in [9.17, 15) is 0 Å². The fourth-order valence-electron chi connectivity index (χ4n) is 4.65. The highest BCUT2D eigenvalue weighted by Gasteiger charge is 2.66. The second kappa shape index (κ2) is 2.71. The van der Waals surface area contributed by atoms with Crippen LogP contribution in [0.4, 0.5) is 0 Å². The molecule has 4 atom stereocenters. The average molecular weight is 232 g/mol. The highest BCUT2D eigenvalue weighted by molar-refractivity contribution is 5.65. The van der Waals surface area contributed by atoms with Crippen LogP contribution >= 0.6 is 0 Å². The Labute approximate surface area is 108 Å². The number of fused-ring (bicyclic) bond motifs is 7. The number of benzene rings is 2. The predicted octanol–water partition coefficient (Wildman–Crippen LogP) is 4.26. The van der Waals surface area contributed by atoms with Crippen molar-refractivity contribution in [2.45, 2.75) is 31.6 Å². The lowest BCUT2D eigenvalue weighted by atomic mass is 9.91. The summed E-state index contributed by atoms with van der Waals surface area (Å²) in [6.07, 6.45) is 0. The van der Waals surface area contributed by atoms with Crippen LogP contribution in [-0.2, 0) is 0 Å². The predicted molar refractivity (Wildman–Crippen MR) is 73.2 cm³/mol. The fraction of sp³-hybridized carbons (Fsp3) is 0.333. The first kappa shape index (κ1) is 9.38. The van der Waals surface area contributed by atoms with E-state index in [1.165, 1.54) is 11.1 Å². The molecule has 0 aromatic heterocycles. The number of rotatable bonds is 0. The summed E-state index contributed by atoms with van der Waals surface area (Å²) in [4.78, 5) is 0. The lowest BCUT2D eigenvalue weighted by molar-refractivity contribution is 0.750. The molecule has 0 unspecified atom stereocenters. The zero-order valence-corrected chi connectivity index (χ0v) is 10.8. The molecule has 2 aromatic rings. The minimum absolute atomic E-state index is 0.713. The van der Waals surface area contributed by atoms with Gasteiger partial charge in [-0.2, -0.15) is 0 Å². The van der Waals surface area contributed by atoms with Gasteiger partial charge in [0.05, 0.1) is 0 Å². The van der Waals surface area contributed by atoms with Crippen molar-refractivity contribution in [3.8, 4) is 0 Å². The fourth-order valence-corrected chi connectivity index (χ4v) is 4.65. The molecule has 0 aliphatic heterocycles. The van der Waals surface area contributed by atoms with Gasteiger partial charge < -0.3 is 0 Å². The molecule has 18 heavy (non-hydrogen) atoms. The van der Waals surface area contributed by atoms with Gasteiger partial charge in [0, 0.05) is 5.92 Å². The molecule has 0 saturated heterocycles. The minimum atomic E-state index is 0.713. The van der Waals surface area contributed by atoms with Crippen molar-refractivity contribution < 1.29 is 0 Å². The first-order valence-corrected chi connectivity index (χ1v) is 6.97. The molecule has 5 rings (SSSR count). The SMILES string of the molecule is Cc1cc2c(cc1C)[C@@H]1[C@H]3c4ccccc4[C@H]2[C@@H]31. The Balaban J connectivity index is 1.81. The third-order valence-corrected chi connectivity index (χ3v) is 5.54. The Bertz CT molecular complexity index is 695. The molecule has 3 aliphatic rings. The van der Waals surface area contributed by atoms with Gasteiger partial charge in [-0.1, -0.05) is 36.4 Å². The molecule has 2 aromatic carbocycles. The van der Waals surface area contributed by atoms with E-state index in [2.05, 4.69) is 50.2 Å². The third-order valence-electron chi connectivity index (χ3n) is 5.54. The Kier molecular flexibility index (Phi) is 1.41. The van der Waals surface area contributed by atoms with Gasteiger partial charge in [0.1, 0.15) is 0 Å². The Hall–Kier alpha value is -1.56. The standard InChI is InChI=1S/C18H16/c1-9-7-13-14(8-10(9)2)17-16-12-6-4-3-5-11(12)15(13)18(16)17/h3-8,15-18H,1-2H3/t15-,16-,17-,18+/m1/s1. The van der Waals surface area contributed by atoms with Crippen LogP contribution in [0.2, 0.25) is 0 Å². The molecule has 0 nitrogen and oxygen atoms in total. The monoisotopic (exact) mass is 232 g/mol. The maximum atomic E-state index is 2.47. The van der Waals surface area contributed by atoms with E-state index in [0.29, 0.717) is 5.92 Å². The van der Waals surface area contributed by atoms with Crippen molar-refractivity contribution in [3.63, 3.8) is 0 Å². The molecule has 0 heteroatoms. The largest absolute Gasteiger partial charge is 0.0620 e. The van der Waals surface area contributed by atoms with Crippen molar-refractivity contribution in [2.24, 2.45) is 5.92 Å². The molecule has 0 N–H and O–H groups in total. The van der Waals surface area contributed by atoms with Crippen LogP contribution in [0.1, 0.15) is 51.1 Å². The van der Waals surface area contributed by atoms with Crippen molar-refractivity contribution >= 4 is 0 Å². The molecule has 0 bridgehead atoms. The molecule has 1 saturated carbocycles. The van der Waals surface area contributed by atoms with Crippen LogP contribution in [0.3, 0.4) is 0 Å². The summed E-state index contributed by atoms with van der Waals surface area (Å²) >= 11 is 0. The van der Waals surface area contributed by atoms with Crippen molar-refractivity contribution in [1.29, 1.82) is 0 Å². The molecule has 88 valence electrons. The minimum Gasteiger partial charge on any atom is -0.0620 e. The topological polar surface area (TPSA) is 0 Å². The summed E-state index contributed by atoms with van der Waals surface area (Å²) in [5.41, 5.74) is 9.47. The number of hydrogen-bond donors (Lipinski definition) is 0. The highest BCUT2D eigenvalue weighted by Crippen LogP contribution is 2.77. The normalized spacial score (nSPS) is 33.0. The Morgan fingerprint density at radius 1 is 0.722 bits per heavy atom. The molecule has 3 aliphatic carbocycles. The van der Waals surface area contributed by atoms with E-state index in [1.807, 2.05) is 0 Å². The van der Waals surface area contributed by atoms with Crippen LogP contribution in [0, 0.1) is 19.8 Å². The van der Waals surface area contributed by atoms with E-state index < -0.39 is 0 Å². The van der Waals surface area contributed by atoms with E-state index in [-0.39, 0.29) is 0 Å². The van der Waals surface area contributed by atoms with Gasteiger partial charge >= 0.3 is 0 Å². The van der Waals surface area contributed by atoms with E-state index in [1.54, 1.807) is 22.3 Å². The van der Waals surface area contributed by atoms with Crippen molar-refractivity contribution in [3.05, 3.63) is 69.8 Å². The summed E-state index contributed by atoms with van der Waals surface area (Å²) in [7, 11) is 0. The zero-order valence-electron chi connectivity index (χ0n) is 10.8. The van der Waals surface area contributed by atoms with Gasteiger partial charge in [0.2, 0.25) is 0 Å². The molecule has 0 spiro atoms. The van der Waals surface area contributed by atoms with Crippen LogP contribution in [0.15, 0.2) is 36.4 Å². The summed E-state index contributed by atoms with van der Waals surface area (Å²) < 4.78 is 0. The third kappa shape index (κ3) is 0.849. The summed E-state index contributed by atoms with van der Waals surface area (Å²) in [6, 6.07) is 14.1. The van der Waals surface area contributed by atoms with Crippen molar-refractivity contribution in [2.75, 3.05) is 0 Å². The zero-order chi connectivity index (χ0) is 12.0. The van der Waals surface area contributed by atoms with Gasteiger partial charge in [0.15, 0.2) is 0 Å². The second-order valence-electron chi connectivity index (χ2n) is 6.30. The molecular weight excluding hydrogens is 216 g/mol. The summed E-state index contributed by atoms with van der Waals surface area (Å²) in [5.74, 6) is 3.31. The number of hydrogen-bond acceptors (Lipinski definition) is 0. The first-order valence-electron chi connectivity index (χ1n) is 6.97. The molecule has 0 heterocycles. The quantitative estimate of drug-likeness (QED) is 0.636. The van der Waals surface area contributed by atoms with Gasteiger partial charge in [-0.25, -0.2) is 0 Å². The molecule has 1 fully saturated rings. The summed E-state index contributed by atoms with van der Waals surface area (Å²) in [6.45, 7) is 4.50. The molecular formula is C18H16. The van der Waals surface area contributed by atoms with E-state index >= 15 is 0 Å². The maximum Gasteiger partial charge on any atom is 0.0135 e. The maximum absolute atomic E-state index is 2.47. The van der Waals surface area contributed by atoms with Crippen molar-refractivity contribution in [1.82, 2.24) is 0 Å². The Morgan fingerprint density at radius 3 is 2.11 bits per heavy atom. The lowest BCUT2D eigenvalue weighted by Gasteiger charge is -2.13.